The molecule has 0 bridgehead atoms. The molecule has 1 aliphatic rings. The maximum atomic E-state index is 11.8. The van der Waals surface area contributed by atoms with Gasteiger partial charge in [0.15, 0.2) is 5.11 Å². The predicted molar refractivity (Wildman–Crippen MR) is 147 cm³/mol. The van der Waals surface area contributed by atoms with E-state index in [9.17, 15) is 13.5 Å². The van der Waals surface area contributed by atoms with Gasteiger partial charge in [-0.15, -0.1) is 0 Å². The maximum Gasteiger partial charge on any atom is 0.229 e. The Morgan fingerprint density at radius 3 is 2.49 bits per heavy atom. The molecular weight excluding hydrogens is 510 g/mol. The third kappa shape index (κ3) is 4.95. The van der Waals surface area contributed by atoms with Gasteiger partial charge in [-0.05, 0) is 72.9 Å². The summed E-state index contributed by atoms with van der Waals surface area (Å²) in [5.41, 5.74) is 3.68. The van der Waals surface area contributed by atoms with E-state index in [2.05, 4.69) is 15.0 Å². The molecule has 0 amide bonds. The van der Waals surface area contributed by atoms with E-state index in [4.69, 9.17) is 17.0 Å². The van der Waals surface area contributed by atoms with Crippen LogP contribution in [0.5, 0.6) is 11.5 Å². The molecule has 37 heavy (non-hydrogen) atoms. The number of sulfonamides is 1. The lowest BCUT2D eigenvalue weighted by atomic mass is 10.0. The van der Waals surface area contributed by atoms with E-state index in [0.29, 0.717) is 16.5 Å². The summed E-state index contributed by atoms with van der Waals surface area (Å²) in [7, 11) is -2.01. The van der Waals surface area contributed by atoms with Gasteiger partial charge in [-0.3, -0.25) is 9.71 Å². The van der Waals surface area contributed by atoms with Crippen LogP contribution in [0.25, 0.3) is 5.69 Å². The van der Waals surface area contributed by atoms with Crippen molar-refractivity contribution in [1.29, 1.82) is 0 Å². The van der Waals surface area contributed by atoms with Crippen molar-refractivity contribution in [3.63, 3.8) is 0 Å². The number of aromatic nitrogens is 2. The van der Waals surface area contributed by atoms with E-state index in [1.807, 2.05) is 58.1 Å². The number of methoxy groups -OCH3 is 1. The van der Waals surface area contributed by atoms with Crippen LogP contribution >= 0.6 is 12.2 Å². The Morgan fingerprint density at radius 1 is 1.05 bits per heavy atom. The molecule has 190 valence electrons. The number of phenols is 1. The van der Waals surface area contributed by atoms with Crippen LogP contribution in [0.3, 0.4) is 0 Å². The number of pyridine rings is 1. The second kappa shape index (κ2) is 9.75. The standard InChI is InChI=1S/C26H25N5O4S2/c1-35-23-16-18(10-13-20(23)29-37(2,33)34)31-25(24(28-26(31)36)21-6-3-4-14-27-21)22-7-5-15-30(22)17-8-11-19(32)12-9-17/h3-16,24-25,29,32H,1-2H3,(H,28,36)/t24-,25-/m1/s1. The third-order valence-electron chi connectivity index (χ3n) is 6.07. The molecule has 3 heterocycles. The summed E-state index contributed by atoms with van der Waals surface area (Å²) in [6, 6.07) is 21.3. The number of phenolic OH excluding ortho intramolecular Hbond substituents is 1. The fourth-order valence-corrected chi connectivity index (χ4v) is 5.44. The van der Waals surface area contributed by atoms with Gasteiger partial charge in [0.05, 0.1) is 30.8 Å². The lowest BCUT2D eigenvalue weighted by Crippen LogP contribution is -2.30. The molecule has 3 N–H and O–H groups in total. The zero-order valence-corrected chi connectivity index (χ0v) is 21.7. The molecule has 2 aromatic carbocycles. The number of thiocarbonyl (C=S) groups is 1. The Labute approximate surface area is 220 Å². The minimum atomic E-state index is -3.49. The van der Waals surface area contributed by atoms with Gasteiger partial charge in [0.25, 0.3) is 0 Å². The van der Waals surface area contributed by atoms with E-state index in [0.717, 1.165) is 29.0 Å². The van der Waals surface area contributed by atoms with Crippen molar-refractivity contribution in [2.75, 3.05) is 23.0 Å². The highest BCUT2D eigenvalue weighted by Crippen LogP contribution is 2.44. The average Bonchev–Trinajstić information content (AvgIpc) is 3.49. The summed E-state index contributed by atoms with van der Waals surface area (Å²) in [6.45, 7) is 0. The number of anilines is 2. The third-order valence-corrected chi connectivity index (χ3v) is 6.97. The molecule has 1 fully saturated rings. The Bertz CT molecular complexity index is 1540. The van der Waals surface area contributed by atoms with E-state index >= 15 is 0 Å². The summed E-state index contributed by atoms with van der Waals surface area (Å²) < 4.78 is 33.7. The molecule has 0 spiro atoms. The van der Waals surface area contributed by atoms with E-state index in [1.54, 1.807) is 36.5 Å². The maximum absolute atomic E-state index is 11.8. The van der Waals surface area contributed by atoms with Gasteiger partial charge in [-0.25, -0.2) is 8.42 Å². The second-order valence-corrected chi connectivity index (χ2v) is 10.7. The molecule has 5 rings (SSSR count). The van der Waals surface area contributed by atoms with Crippen molar-refractivity contribution in [2.24, 2.45) is 0 Å². The lowest BCUT2D eigenvalue weighted by Gasteiger charge is -2.29. The summed E-state index contributed by atoms with van der Waals surface area (Å²) in [4.78, 5) is 6.57. The number of aromatic hydroxyl groups is 1. The van der Waals surface area contributed by atoms with Crippen LogP contribution in [-0.4, -0.2) is 41.6 Å². The van der Waals surface area contributed by atoms with Crippen molar-refractivity contribution < 1.29 is 18.3 Å². The molecule has 2 aromatic heterocycles. The second-order valence-electron chi connectivity index (χ2n) is 8.57. The van der Waals surface area contributed by atoms with E-state index in [1.165, 1.54) is 7.11 Å². The normalized spacial score (nSPS) is 17.5. The van der Waals surface area contributed by atoms with Gasteiger partial charge in [0.2, 0.25) is 10.0 Å². The van der Waals surface area contributed by atoms with Crippen LogP contribution in [0.15, 0.2) is 85.2 Å². The zero-order valence-electron chi connectivity index (χ0n) is 20.1. The molecule has 0 radical (unpaired) electrons. The van der Waals surface area contributed by atoms with Crippen LogP contribution in [-0.2, 0) is 10.0 Å². The molecule has 1 aliphatic heterocycles. The first-order valence-electron chi connectivity index (χ1n) is 11.4. The van der Waals surface area contributed by atoms with Gasteiger partial charge in [0, 0.05) is 35.5 Å². The number of hydrogen-bond acceptors (Lipinski definition) is 6. The first-order chi connectivity index (χ1) is 17.7. The fraction of sp³-hybridized carbons (Fsp3) is 0.154. The summed E-state index contributed by atoms with van der Waals surface area (Å²) >= 11 is 5.82. The molecule has 1 saturated heterocycles. The largest absolute Gasteiger partial charge is 0.508 e. The minimum Gasteiger partial charge on any atom is -0.508 e. The molecule has 4 aromatic rings. The van der Waals surface area contributed by atoms with Crippen LogP contribution in [0.1, 0.15) is 23.5 Å². The average molecular weight is 536 g/mol. The van der Waals surface area contributed by atoms with E-state index in [-0.39, 0.29) is 17.8 Å². The van der Waals surface area contributed by atoms with Crippen LogP contribution in [0, 0.1) is 0 Å². The molecule has 2 atom stereocenters. The first kappa shape index (κ1) is 24.6. The van der Waals surface area contributed by atoms with Gasteiger partial charge < -0.3 is 24.6 Å². The molecule has 0 saturated carbocycles. The molecule has 0 aliphatic carbocycles. The highest BCUT2D eigenvalue weighted by Gasteiger charge is 2.42. The van der Waals surface area contributed by atoms with Crippen molar-refractivity contribution in [1.82, 2.24) is 14.9 Å². The minimum absolute atomic E-state index is 0.184. The number of hydrogen-bond donors (Lipinski definition) is 3. The highest BCUT2D eigenvalue weighted by atomic mass is 32.2. The number of ether oxygens (including phenoxy) is 1. The summed E-state index contributed by atoms with van der Waals surface area (Å²) in [5, 5.41) is 13.7. The van der Waals surface area contributed by atoms with Gasteiger partial charge in [-0.2, -0.15) is 0 Å². The molecule has 11 heteroatoms. The Hall–Kier alpha value is -4.09. The topological polar surface area (TPSA) is 109 Å². The van der Waals surface area contributed by atoms with Crippen molar-refractivity contribution in [2.45, 2.75) is 12.1 Å². The monoisotopic (exact) mass is 535 g/mol. The summed E-state index contributed by atoms with van der Waals surface area (Å²) in [5.74, 6) is 0.545. The first-order valence-corrected chi connectivity index (χ1v) is 13.7. The number of nitrogens with zero attached hydrogens (tertiary/aromatic N) is 3. The molecule has 0 unspecified atom stereocenters. The zero-order chi connectivity index (χ0) is 26.2. The van der Waals surface area contributed by atoms with Crippen LogP contribution < -0.4 is 19.7 Å². The molecule has 9 nitrogen and oxygen atoms in total. The van der Waals surface area contributed by atoms with Crippen molar-refractivity contribution in [3.05, 3.63) is 96.6 Å². The Balaban J connectivity index is 1.64. The van der Waals surface area contributed by atoms with E-state index < -0.39 is 10.0 Å². The lowest BCUT2D eigenvalue weighted by molar-refractivity contribution is 0.417. The summed E-state index contributed by atoms with van der Waals surface area (Å²) in [6.07, 6.45) is 4.79. The highest BCUT2D eigenvalue weighted by molar-refractivity contribution is 7.92. The Morgan fingerprint density at radius 2 is 1.81 bits per heavy atom. The molecular formula is C26H25N5O4S2. The van der Waals surface area contributed by atoms with Gasteiger partial charge >= 0.3 is 0 Å². The predicted octanol–water partition coefficient (Wildman–Crippen LogP) is 4.14. The van der Waals surface area contributed by atoms with Crippen LogP contribution in [0.4, 0.5) is 11.4 Å². The SMILES string of the molecule is COc1cc(N2C(=S)N[C@H](c3ccccn3)[C@H]2c2cccn2-c2ccc(O)cc2)ccc1NS(C)(=O)=O. The Kier molecular flexibility index (Phi) is 6.48. The van der Waals surface area contributed by atoms with Gasteiger partial charge in [-0.1, -0.05) is 6.07 Å². The quantitative estimate of drug-likeness (QED) is 0.303. The van der Waals surface area contributed by atoms with Crippen molar-refractivity contribution >= 4 is 38.7 Å². The number of benzene rings is 2. The number of rotatable bonds is 7. The van der Waals surface area contributed by atoms with Crippen molar-refractivity contribution in [3.8, 4) is 17.2 Å². The fourth-order valence-electron chi connectivity index (χ4n) is 4.53. The number of nitrogens with one attached hydrogen (secondary N) is 2. The smallest absolute Gasteiger partial charge is 0.229 e. The van der Waals surface area contributed by atoms with Crippen LogP contribution in [0.2, 0.25) is 0 Å². The van der Waals surface area contributed by atoms with Gasteiger partial charge in [0.1, 0.15) is 17.5 Å².